The lowest BCUT2D eigenvalue weighted by Gasteiger charge is -2.32. The van der Waals surface area contributed by atoms with Crippen molar-refractivity contribution in [1.82, 2.24) is 10.2 Å². The third kappa shape index (κ3) is 7.88. The monoisotopic (exact) mass is 550 g/mol. The molecule has 0 radical (unpaired) electrons. The fourth-order valence-electron chi connectivity index (χ4n) is 3.68. The number of nitrogens with zero attached hydrogens (tertiary/aromatic N) is 1. The summed E-state index contributed by atoms with van der Waals surface area (Å²) >= 11 is 24.9. The van der Waals surface area contributed by atoms with E-state index >= 15 is 0 Å². The van der Waals surface area contributed by atoms with Crippen LogP contribution in [0.15, 0.2) is 66.7 Å². The molecule has 184 valence electrons. The second-order valence-corrected chi connectivity index (χ2v) is 9.85. The van der Waals surface area contributed by atoms with E-state index < -0.39 is 6.04 Å². The van der Waals surface area contributed by atoms with Gasteiger partial charge in [0, 0.05) is 39.6 Å². The molecular weight excluding hydrogens is 526 g/mol. The van der Waals surface area contributed by atoms with Gasteiger partial charge >= 0.3 is 0 Å². The molecule has 0 aliphatic carbocycles. The van der Waals surface area contributed by atoms with Crippen LogP contribution in [0.3, 0.4) is 0 Å². The second kappa shape index (κ2) is 13.2. The number of benzene rings is 3. The molecule has 0 aromatic heterocycles. The maximum atomic E-state index is 13.7. The standard InChI is InChI=1S/C27H26Cl4N2O2/c1-2-12-32-27(35)25(13-18-6-4-3-5-7-18)33(17-20-9-11-22(29)16-24(20)31)26(34)14-19-8-10-21(28)15-23(19)30/h3-11,15-16,25H,2,12-14,17H2,1H3,(H,32,35). The number of rotatable bonds is 10. The first-order valence-corrected chi connectivity index (χ1v) is 12.8. The highest BCUT2D eigenvalue weighted by molar-refractivity contribution is 6.35. The van der Waals surface area contributed by atoms with Crippen molar-refractivity contribution in [3.05, 3.63) is 104 Å². The van der Waals surface area contributed by atoms with Gasteiger partial charge in [-0.15, -0.1) is 0 Å². The van der Waals surface area contributed by atoms with E-state index in [1.54, 1.807) is 41.3 Å². The average molecular weight is 552 g/mol. The molecule has 3 aromatic carbocycles. The van der Waals surface area contributed by atoms with Crippen LogP contribution < -0.4 is 5.32 Å². The van der Waals surface area contributed by atoms with Crippen LogP contribution in [-0.4, -0.2) is 29.3 Å². The summed E-state index contributed by atoms with van der Waals surface area (Å²) in [7, 11) is 0. The van der Waals surface area contributed by atoms with Crippen molar-refractivity contribution in [2.75, 3.05) is 6.54 Å². The lowest BCUT2D eigenvalue weighted by atomic mass is 10.0. The average Bonchev–Trinajstić information content (AvgIpc) is 2.83. The molecule has 0 aliphatic rings. The van der Waals surface area contributed by atoms with E-state index in [0.717, 1.165) is 12.0 Å². The first-order chi connectivity index (χ1) is 16.8. The summed E-state index contributed by atoms with van der Waals surface area (Å²) in [6, 6.07) is 19.0. The van der Waals surface area contributed by atoms with Crippen molar-refractivity contribution in [2.45, 2.75) is 38.8 Å². The first kappa shape index (κ1) is 27.3. The molecule has 4 nitrogen and oxygen atoms in total. The van der Waals surface area contributed by atoms with Crippen molar-refractivity contribution in [2.24, 2.45) is 0 Å². The number of amides is 2. The summed E-state index contributed by atoms with van der Waals surface area (Å²) in [6.45, 7) is 2.62. The van der Waals surface area contributed by atoms with Gasteiger partial charge < -0.3 is 10.2 Å². The summed E-state index contributed by atoms with van der Waals surface area (Å²) in [5, 5.41) is 4.74. The number of carbonyl (C=O) groups excluding carboxylic acids is 2. The summed E-state index contributed by atoms with van der Waals surface area (Å²) in [6.07, 6.45) is 1.14. The van der Waals surface area contributed by atoms with Crippen molar-refractivity contribution in [3.8, 4) is 0 Å². The molecule has 0 saturated carbocycles. The molecule has 0 heterocycles. The SMILES string of the molecule is CCCNC(=O)C(Cc1ccccc1)N(Cc1ccc(Cl)cc1Cl)C(=O)Cc1ccc(Cl)cc1Cl. The van der Waals surface area contributed by atoms with E-state index in [0.29, 0.717) is 44.2 Å². The maximum Gasteiger partial charge on any atom is 0.243 e. The van der Waals surface area contributed by atoms with E-state index in [-0.39, 0.29) is 24.8 Å². The van der Waals surface area contributed by atoms with E-state index in [9.17, 15) is 9.59 Å². The predicted molar refractivity (Wildman–Crippen MR) is 144 cm³/mol. The Kier molecular flexibility index (Phi) is 10.3. The quantitative estimate of drug-likeness (QED) is 0.294. The van der Waals surface area contributed by atoms with Crippen LogP contribution in [0, 0.1) is 0 Å². The molecule has 1 atom stereocenters. The van der Waals surface area contributed by atoms with Crippen LogP contribution in [0.5, 0.6) is 0 Å². The minimum atomic E-state index is -0.755. The lowest BCUT2D eigenvalue weighted by Crippen LogP contribution is -2.51. The van der Waals surface area contributed by atoms with Gasteiger partial charge in [-0.1, -0.05) is 95.8 Å². The summed E-state index contributed by atoms with van der Waals surface area (Å²) in [5.74, 6) is -0.482. The maximum absolute atomic E-state index is 13.7. The minimum absolute atomic E-state index is 0.00750. The van der Waals surface area contributed by atoms with Gasteiger partial charge in [-0.2, -0.15) is 0 Å². The van der Waals surface area contributed by atoms with Gasteiger partial charge in [0.25, 0.3) is 0 Å². The Hall–Kier alpha value is -2.24. The number of halogens is 4. The topological polar surface area (TPSA) is 49.4 Å². The van der Waals surface area contributed by atoms with Crippen LogP contribution in [0.4, 0.5) is 0 Å². The summed E-state index contributed by atoms with van der Waals surface area (Å²) < 4.78 is 0. The fourth-order valence-corrected chi connectivity index (χ4v) is 4.63. The highest BCUT2D eigenvalue weighted by atomic mass is 35.5. The Labute approximate surface area is 226 Å². The van der Waals surface area contributed by atoms with Crippen molar-refractivity contribution in [1.29, 1.82) is 0 Å². The van der Waals surface area contributed by atoms with Crippen molar-refractivity contribution in [3.63, 3.8) is 0 Å². The van der Waals surface area contributed by atoms with Crippen LogP contribution in [-0.2, 0) is 29.0 Å². The molecule has 0 saturated heterocycles. The Morgan fingerprint density at radius 2 is 1.46 bits per heavy atom. The van der Waals surface area contributed by atoms with Crippen LogP contribution in [0.2, 0.25) is 20.1 Å². The zero-order chi connectivity index (χ0) is 25.4. The van der Waals surface area contributed by atoms with E-state index in [1.807, 2.05) is 37.3 Å². The zero-order valence-corrected chi connectivity index (χ0v) is 22.3. The highest BCUT2D eigenvalue weighted by Crippen LogP contribution is 2.26. The Morgan fingerprint density at radius 1 is 0.857 bits per heavy atom. The lowest BCUT2D eigenvalue weighted by molar-refractivity contribution is -0.140. The Balaban J connectivity index is 2.00. The van der Waals surface area contributed by atoms with Gasteiger partial charge in [-0.3, -0.25) is 9.59 Å². The molecule has 3 aromatic rings. The fraction of sp³-hybridized carbons (Fsp3) is 0.259. The zero-order valence-electron chi connectivity index (χ0n) is 19.2. The van der Waals surface area contributed by atoms with E-state index in [4.69, 9.17) is 46.4 Å². The van der Waals surface area contributed by atoms with Crippen LogP contribution >= 0.6 is 46.4 Å². The van der Waals surface area contributed by atoms with Crippen LogP contribution in [0.25, 0.3) is 0 Å². The molecule has 8 heteroatoms. The van der Waals surface area contributed by atoms with Gasteiger partial charge in [0.15, 0.2) is 0 Å². The first-order valence-electron chi connectivity index (χ1n) is 11.3. The molecule has 0 aliphatic heterocycles. The molecular formula is C27H26Cl4N2O2. The van der Waals surface area contributed by atoms with Gasteiger partial charge in [0.2, 0.25) is 11.8 Å². The predicted octanol–water partition coefficient (Wildman–Crippen LogP) is 7.01. The Morgan fingerprint density at radius 3 is 2.03 bits per heavy atom. The molecule has 0 spiro atoms. The summed E-state index contributed by atoms with van der Waals surface area (Å²) in [4.78, 5) is 28.6. The molecule has 3 rings (SSSR count). The van der Waals surface area contributed by atoms with Gasteiger partial charge in [0.05, 0.1) is 6.42 Å². The summed E-state index contributed by atoms with van der Waals surface area (Å²) in [5.41, 5.74) is 2.25. The molecule has 1 N–H and O–H groups in total. The van der Waals surface area contributed by atoms with Crippen molar-refractivity contribution < 1.29 is 9.59 Å². The minimum Gasteiger partial charge on any atom is -0.354 e. The Bertz CT molecular complexity index is 1170. The van der Waals surface area contributed by atoms with E-state index in [2.05, 4.69) is 5.32 Å². The number of hydrogen-bond acceptors (Lipinski definition) is 2. The van der Waals surface area contributed by atoms with Crippen molar-refractivity contribution >= 4 is 58.2 Å². The van der Waals surface area contributed by atoms with E-state index in [1.165, 1.54) is 0 Å². The number of hydrogen-bond donors (Lipinski definition) is 1. The molecule has 0 bridgehead atoms. The second-order valence-electron chi connectivity index (χ2n) is 8.17. The smallest absolute Gasteiger partial charge is 0.243 e. The van der Waals surface area contributed by atoms with Gasteiger partial charge in [-0.25, -0.2) is 0 Å². The molecule has 1 unspecified atom stereocenters. The van der Waals surface area contributed by atoms with Gasteiger partial charge in [0.1, 0.15) is 6.04 Å². The highest BCUT2D eigenvalue weighted by Gasteiger charge is 2.31. The number of carbonyl (C=O) groups is 2. The normalized spacial score (nSPS) is 11.7. The molecule has 35 heavy (non-hydrogen) atoms. The largest absolute Gasteiger partial charge is 0.354 e. The third-order valence-corrected chi connectivity index (χ3v) is 6.71. The third-order valence-electron chi connectivity index (χ3n) is 5.53. The van der Waals surface area contributed by atoms with Gasteiger partial charge in [-0.05, 0) is 47.4 Å². The number of nitrogens with one attached hydrogen (secondary N) is 1. The molecule has 2 amide bonds. The molecule has 0 fully saturated rings. The van der Waals surface area contributed by atoms with Crippen LogP contribution in [0.1, 0.15) is 30.0 Å².